The van der Waals surface area contributed by atoms with Gasteiger partial charge in [0.05, 0.1) is 11.8 Å². The summed E-state index contributed by atoms with van der Waals surface area (Å²) < 4.78 is 37.6. The Labute approximate surface area is 137 Å². The van der Waals surface area contributed by atoms with Crippen molar-refractivity contribution in [1.82, 2.24) is 9.78 Å². The van der Waals surface area contributed by atoms with Gasteiger partial charge in [0.2, 0.25) is 0 Å². The molecule has 0 unspecified atom stereocenters. The van der Waals surface area contributed by atoms with Gasteiger partial charge in [0.15, 0.2) is 0 Å². The quantitative estimate of drug-likeness (QED) is 0.883. The van der Waals surface area contributed by atoms with Crippen molar-refractivity contribution in [2.45, 2.75) is 44.8 Å². The normalized spacial score (nSPS) is 19.2. The summed E-state index contributed by atoms with van der Waals surface area (Å²) in [6, 6.07) is 5.67. The van der Waals surface area contributed by atoms with E-state index in [1.165, 1.54) is 5.56 Å². The number of benzene rings is 1. The molecule has 1 heterocycles. The fraction of sp³-hybridized carbons (Fsp3) is 0.412. The van der Waals surface area contributed by atoms with Crippen LogP contribution in [0.2, 0.25) is 0 Å². The van der Waals surface area contributed by atoms with Gasteiger partial charge in [-0.1, -0.05) is 32.9 Å². The van der Waals surface area contributed by atoms with Gasteiger partial charge in [0.1, 0.15) is 0 Å². The molecule has 0 spiro atoms. The van der Waals surface area contributed by atoms with E-state index < -0.39 is 12.2 Å². The number of nitrogens with zero attached hydrogens (tertiary/aromatic N) is 2. The number of anilines is 1. The summed E-state index contributed by atoms with van der Waals surface area (Å²) in [7, 11) is 0. The van der Waals surface area contributed by atoms with E-state index in [1.807, 2.05) is 12.1 Å². The third kappa shape index (κ3) is 2.79. The number of halogens is 3. The first-order chi connectivity index (χ1) is 11.1. The maximum absolute atomic E-state index is 12.6. The molecule has 4 nitrogen and oxygen atoms in total. The predicted molar refractivity (Wildman–Crippen MR) is 84.0 cm³/mol. The minimum atomic E-state index is -4.63. The molecule has 128 valence electrons. The molecule has 1 N–H and O–H groups in total. The lowest BCUT2D eigenvalue weighted by Gasteiger charge is -2.22. The smallest absolute Gasteiger partial charge is 0.322 e. The maximum atomic E-state index is 12.6. The molecule has 0 aliphatic heterocycles. The highest BCUT2D eigenvalue weighted by Gasteiger charge is 2.37. The van der Waals surface area contributed by atoms with Crippen molar-refractivity contribution in [3.8, 4) is 0 Å². The van der Waals surface area contributed by atoms with Crippen molar-refractivity contribution in [3.63, 3.8) is 0 Å². The largest absolute Gasteiger partial charge is 0.504 e. The van der Waals surface area contributed by atoms with Crippen molar-refractivity contribution in [3.05, 3.63) is 47.3 Å². The average Bonchev–Trinajstić information content (AvgIpc) is 3.03. The van der Waals surface area contributed by atoms with Gasteiger partial charge in [-0.25, -0.2) is 0 Å². The van der Waals surface area contributed by atoms with Crippen molar-refractivity contribution < 1.29 is 18.0 Å². The van der Waals surface area contributed by atoms with E-state index in [9.17, 15) is 18.0 Å². The molecule has 0 saturated heterocycles. The highest BCUT2D eigenvalue weighted by Crippen LogP contribution is 2.48. The number of fused-ring (bicyclic) bond motifs is 1. The molecule has 0 radical (unpaired) electrons. The Bertz CT molecular complexity index is 793. The molecule has 7 heteroatoms. The van der Waals surface area contributed by atoms with Gasteiger partial charge in [0.25, 0.3) is 5.91 Å². The van der Waals surface area contributed by atoms with E-state index in [2.05, 4.69) is 31.2 Å². The molecular weight excluding hydrogens is 319 g/mol. The first-order valence-electron chi connectivity index (χ1n) is 7.66. The van der Waals surface area contributed by atoms with E-state index in [4.69, 9.17) is 0 Å². The van der Waals surface area contributed by atoms with Crippen molar-refractivity contribution in [2.24, 2.45) is 0 Å². The molecule has 0 bridgehead atoms. The zero-order valence-electron chi connectivity index (χ0n) is 13.6. The van der Waals surface area contributed by atoms with E-state index in [0.717, 1.165) is 18.2 Å². The Morgan fingerprint density at radius 1 is 1.38 bits per heavy atom. The number of carbonyl (C=O) groups excluding carboxylic acids is 1. The first kappa shape index (κ1) is 16.5. The monoisotopic (exact) mass is 337 g/mol. The van der Waals surface area contributed by atoms with Crippen LogP contribution in [0.1, 0.15) is 54.6 Å². The number of nitrogens with one attached hydrogen (secondary N) is 1. The zero-order valence-corrected chi connectivity index (χ0v) is 13.6. The van der Waals surface area contributed by atoms with Gasteiger partial charge in [-0.3, -0.25) is 4.79 Å². The number of alkyl halides is 3. The summed E-state index contributed by atoms with van der Waals surface area (Å²) in [6.07, 6.45) is -2.07. The van der Waals surface area contributed by atoms with Crippen molar-refractivity contribution in [2.75, 3.05) is 5.32 Å². The van der Waals surface area contributed by atoms with E-state index in [0.29, 0.717) is 17.8 Å². The van der Waals surface area contributed by atoms with Crippen LogP contribution in [0.25, 0.3) is 0 Å². The van der Waals surface area contributed by atoms with Crippen LogP contribution in [0.4, 0.5) is 18.9 Å². The average molecular weight is 337 g/mol. The Morgan fingerprint density at radius 2 is 2.08 bits per heavy atom. The Hall–Kier alpha value is -2.31. The number of aromatic nitrogens is 2. The Balaban J connectivity index is 1.90. The SMILES string of the molecule is C[C@H]1CC(C)(C)c2c(NC(=O)c3cnn(C(F)(F)F)c3)cccc21. The van der Waals surface area contributed by atoms with Crippen LogP contribution in [0, 0.1) is 0 Å². The van der Waals surface area contributed by atoms with Gasteiger partial charge in [0, 0.05) is 11.9 Å². The predicted octanol–water partition coefficient (Wildman–Crippen LogP) is 4.40. The Kier molecular flexibility index (Phi) is 3.69. The van der Waals surface area contributed by atoms with Crippen LogP contribution < -0.4 is 5.32 Å². The summed E-state index contributed by atoms with van der Waals surface area (Å²) in [5.74, 6) is -0.228. The lowest BCUT2D eigenvalue weighted by atomic mass is 9.85. The van der Waals surface area contributed by atoms with E-state index >= 15 is 0 Å². The number of rotatable bonds is 2. The number of hydrogen-bond acceptors (Lipinski definition) is 2. The van der Waals surface area contributed by atoms with Crippen LogP contribution in [0.3, 0.4) is 0 Å². The summed E-state index contributed by atoms with van der Waals surface area (Å²) in [5, 5.41) is 5.93. The van der Waals surface area contributed by atoms with Crippen LogP contribution >= 0.6 is 0 Å². The van der Waals surface area contributed by atoms with Gasteiger partial charge >= 0.3 is 6.30 Å². The van der Waals surface area contributed by atoms with E-state index in [1.54, 1.807) is 6.07 Å². The number of hydrogen-bond donors (Lipinski definition) is 1. The molecule has 1 aromatic carbocycles. The summed E-state index contributed by atoms with van der Waals surface area (Å²) in [6.45, 7) is 6.34. The van der Waals surface area contributed by atoms with E-state index in [-0.39, 0.29) is 15.7 Å². The molecule has 3 rings (SSSR count). The van der Waals surface area contributed by atoms with Gasteiger partial charge in [-0.2, -0.15) is 9.78 Å². The molecule has 0 fully saturated rings. The summed E-state index contributed by atoms with van der Waals surface area (Å²) in [5.41, 5.74) is 2.63. The standard InChI is InChI=1S/C17H18F3N3O/c1-10-7-16(2,3)14-12(10)5-4-6-13(14)22-15(24)11-8-21-23(9-11)17(18,19)20/h4-6,8-10H,7H2,1-3H3,(H,22,24)/t10-/m0/s1. The second kappa shape index (κ2) is 5.36. The minimum absolute atomic E-state index is 0.102. The summed E-state index contributed by atoms with van der Waals surface area (Å²) >= 11 is 0. The molecule has 0 saturated carbocycles. The highest BCUT2D eigenvalue weighted by atomic mass is 19.4. The van der Waals surface area contributed by atoms with Crippen molar-refractivity contribution >= 4 is 11.6 Å². The molecule has 1 amide bonds. The molecule has 1 aliphatic carbocycles. The first-order valence-corrected chi connectivity index (χ1v) is 7.66. The minimum Gasteiger partial charge on any atom is -0.322 e. The maximum Gasteiger partial charge on any atom is 0.504 e. The second-order valence-electron chi connectivity index (χ2n) is 6.85. The van der Waals surface area contributed by atoms with Crippen molar-refractivity contribution in [1.29, 1.82) is 0 Å². The molecule has 1 aliphatic rings. The van der Waals surface area contributed by atoms with Crippen LogP contribution in [-0.2, 0) is 11.7 Å². The molecule has 1 aromatic heterocycles. The lowest BCUT2D eigenvalue weighted by Crippen LogP contribution is -2.19. The Morgan fingerprint density at radius 3 is 2.71 bits per heavy atom. The summed E-state index contributed by atoms with van der Waals surface area (Å²) in [4.78, 5) is 12.3. The third-order valence-corrected chi connectivity index (χ3v) is 4.47. The fourth-order valence-electron chi connectivity index (χ4n) is 3.59. The van der Waals surface area contributed by atoms with Gasteiger partial charge < -0.3 is 5.32 Å². The highest BCUT2D eigenvalue weighted by molar-refractivity contribution is 6.04. The molecule has 24 heavy (non-hydrogen) atoms. The topological polar surface area (TPSA) is 46.9 Å². The molecular formula is C17H18F3N3O. The molecule has 1 atom stereocenters. The zero-order chi connectivity index (χ0) is 17.7. The fourth-order valence-corrected chi connectivity index (χ4v) is 3.59. The number of carbonyl (C=O) groups is 1. The van der Waals surface area contributed by atoms with Crippen LogP contribution in [0.15, 0.2) is 30.6 Å². The number of amides is 1. The van der Waals surface area contributed by atoms with Gasteiger partial charge in [-0.05, 0) is 34.9 Å². The molecule has 2 aromatic rings. The second-order valence-corrected chi connectivity index (χ2v) is 6.85. The lowest BCUT2D eigenvalue weighted by molar-refractivity contribution is -0.212. The third-order valence-electron chi connectivity index (χ3n) is 4.47. The van der Waals surface area contributed by atoms with Crippen LogP contribution in [0.5, 0.6) is 0 Å². The van der Waals surface area contributed by atoms with Gasteiger partial charge in [-0.15, -0.1) is 13.2 Å². The van der Waals surface area contributed by atoms with Crippen LogP contribution in [-0.4, -0.2) is 15.7 Å².